The normalized spacial score (nSPS) is 24.9. The minimum absolute atomic E-state index is 0. The molecular weight excluding hydrogens is 395 g/mol. The van der Waals surface area contributed by atoms with E-state index in [9.17, 15) is 0 Å². The van der Waals surface area contributed by atoms with Gasteiger partial charge in [0.2, 0.25) is 0 Å². The SMILES string of the molecule is Cl.Cl.NC1CC(OCc2ccccc2)C1.NC1CC(OCc2ccccc2)C1. The topological polar surface area (TPSA) is 70.5 Å². The molecule has 0 aromatic heterocycles. The third kappa shape index (κ3) is 8.48. The van der Waals surface area contributed by atoms with Crippen molar-refractivity contribution in [1.82, 2.24) is 0 Å². The Bertz CT molecular complexity index is 576. The Hall–Kier alpha value is -1.14. The first-order valence-electron chi connectivity index (χ1n) is 9.51. The molecule has 0 aliphatic heterocycles. The molecule has 4 nitrogen and oxygen atoms in total. The number of ether oxygens (including phenoxy) is 2. The van der Waals surface area contributed by atoms with Crippen LogP contribution in [0.3, 0.4) is 0 Å². The number of hydrogen-bond acceptors (Lipinski definition) is 4. The molecule has 0 atom stereocenters. The molecule has 0 radical (unpaired) electrons. The van der Waals surface area contributed by atoms with E-state index in [1.54, 1.807) is 0 Å². The van der Waals surface area contributed by atoms with Crippen LogP contribution in [0.1, 0.15) is 36.8 Å². The van der Waals surface area contributed by atoms with Crippen LogP contribution < -0.4 is 11.5 Å². The van der Waals surface area contributed by atoms with E-state index in [0.717, 1.165) is 38.9 Å². The molecule has 2 saturated carbocycles. The van der Waals surface area contributed by atoms with Crippen molar-refractivity contribution in [2.24, 2.45) is 11.5 Å². The predicted molar refractivity (Wildman–Crippen MR) is 119 cm³/mol. The zero-order chi connectivity index (χ0) is 18.2. The lowest BCUT2D eigenvalue weighted by Gasteiger charge is -2.32. The first-order valence-corrected chi connectivity index (χ1v) is 9.51. The Morgan fingerprint density at radius 3 is 1.21 bits per heavy atom. The standard InChI is InChI=1S/2C11H15NO.2ClH/c2*12-10-6-11(7-10)13-8-9-4-2-1-3-5-9;;/h2*1-5,10-11H,6-8,12H2;2*1H. The highest BCUT2D eigenvalue weighted by molar-refractivity contribution is 5.85. The van der Waals surface area contributed by atoms with Crippen molar-refractivity contribution < 1.29 is 9.47 Å². The molecule has 0 heterocycles. The van der Waals surface area contributed by atoms with Crippen LogP contribution in [0, 0.1) is 0 Å². The second kappa shape index (κ2) is 13.2. The van der Waals surface area contributed by atoms with Crippen LogP contribution in [0.2, 0.25) is 0 Å². The van der Waals surface area contributed by atoms with Crippen LogP contribution in [-0.4, -0.2) is 24.3 Å². The van der Waals surface area contributed by atoms with E-state index in [4.69, 9.17) is 20.9 Å². The summed E-state index contributed by atoms with van der Waals surface area (Å²) in [6.07, 6.45) is 4.88. The summed E-state index contributed by atoms with van der Waals surface area (Å²) in [5.41, 5.74) is 13.8. The quantitative estimate of drug-likeness (QED) is 0.724. The molecule has 2 aromatic rings. The third-order valence-electron chi connectivity index (χ3n) is 4.92. The fourth-order valence-corrected chi connectivity index (χ4v) is 3.06. The van der Waals surface area contributed by atoms with E-state index >= 15 is 0 Å². The van der Waals surface area contributed by atoms with E-state index < -0.39 is 0 Å². The molecule has 28 heavy (non-hydrogen) atoms. The van der Waals surface area contributed by atoms with Crippen LogP contribution in [-0.2, 0) is 22.7 Å². The van der Waals surface area contributed by atoms with E-state index in [1.165, 1.54) is 11.1 Å². The Morgan fingerprint density at radius 2 is 0.929 bits per heavy atom. The summed E-state index contributed by atoms with van der Waals surface area (Å²) < 4.78 is 11.3. The van der Waals surface area contributed by atoms with Gasteiger partial charge in [0.05, 0.1) is 25.4 Å². The lowest BCUT2D eigenvalue weighted by molar-refractivity contribution is -0.0190. The van der Waals surface area contributed by atoms with Crippen molar-refractivity contribution >= 4 is 24.8 Å². The predicted octanol–water partition coefficient (Wildman–Crippen LogP) is 4.23. The number of nitrogens with two attached hydrogens (primary N) is 2. The highest BCUT2D eigenvalue weighted by Gasteiger charge is 2.26. The van der Waals surface area contributed by atoms with E-state index in [2.05, 4.69) is 24.3 Å². The highest BCUT2D eigenvalue weighted by atomic mass is 35.5. The number of rotatable bonds is 6. The maximum absolute atomic E-state index is 5.66. The van der Waals surface area contributed by atoms with Crippen LogP contribution in [0.15, 0.2) is 60.7 Å². The van der Waals surface area contributed by atoms with Gasteiger partial charge < -0.3 is 20.9 Å². The van der Waals surface area contributed by atoms with Crippen LogP contribution in [0.5, 0.6) is 0 Å². The number of hydrogen-bond donors (Lipinski definition) is 2. The van der Waals surface area contributed by atoms with Gasteiger partial charge in [0, 0.05) is 12.1 Å². The zero-order valence-electron chi connectivity index (χ0n) is 16.1. The fraction of sp³-hybridized carbons (Fsp3) is 0.455. The van der Waals surface area contributed by atoms with Gasteiger partial charge in [0.15, 0.2) is 0 Å². The first-order chi connectivity index (χ1) is 12.7. The number of benzene rings is 2. The van der Waals surface area contributed by atoms with Crippen LogP contribution >= 0.6 is 24.8 Å². The molecule has 2 aliphatic carbocycles. The largest absolute Gasteiger partial charge is 0.373 e. The third-order valence-corrected chi connectivity index (χ3v) is 4.92. The maximum Gasteiger partial charge on any atom is 0.0720 e. The average Bonchev–Trinajstić information content (AvgIpc) is 2.63. The molecule has 2 aromatic carbocycles. The summed E-state index contributed by atoms with van der Waals surface area (Å²) in [5, 5.41) is 0. The first kappa shape index (κ1) is 24.9. The van der Waals surface area contributed by atoms with Gasteiger partial charge in [0.25, 0.3) is 0 Å². The molecule has 2 aliphatic rings. The minimum Gasteiger partial charge on any atom is -0.373 e. The molecule has 6 heteroatoms. The summed E-state index contributed by atoms with van der Waals surface area (Å²) in [5.74, 6) is 0. The van der Waals surface area contributed by atoms with Gasteiger partial charge in [0.1, 0.15) is 0 Å². The average molecular weight is 427 g/mol. The number of halogens is 2. The molecule has 156 valence electrons. The fourth-order valence-electron chi connectivity index (χ4n) is 3.06. The monoisotopic (exact) mass is 426 g/mol. The van der Waals surface area contributed by atoms with Gasteiger partial charge in [-0.3, -0.25) is 0 Å². The minimum atomic E-state index is 0. The Kier molecular flexibility index (Phi) is 11.7. The maximum atomic E-state index is 5.66. The summed E-state index contributed by atoms with van der Waals surface area (Å²) in [7, 11) is 0. The Morgan fingerprint density at radius 1 is 0.607 bits per heavy atom. The molecule has 0 amide bonds. The van der Waals surface area contributed by atoms with Gasteiger partial charge in [-0.05, 0) is 36.8 Å². The van der Waals surface area contributed by atoms with Crippen LogP contribution in [0.25, 0.3) is 0 Å². The summed E-state index contributed by atoms with van der Waals surface area (Å²) >= 11 is 0. The molecule has 2 fully saturated rings. The van der Waals surface area contributed by atoms with Crippen molar-refractivity contribution in [3.63, 3.8) is 0 Å². The van der Waals surface area contributed by atoms with Crippen molar-refractivity contribution in [3.05, 3.63) is 71.8 Å². The summed E-state index contributed by atoms with van der Waals surface area (Å²) in [6, 6.07) is 21.2. The summed E-state index contributed by atoms with van der Waals surface area (Å²) in [6.45, 7) is 1.44. The van der Waals surface area contributed by atoms with Gasteiger partial charge in [-0.1, -0.05) is 60.7 Å². The van der Waals surface area contributed by atoms with Crippen molar-refractivity contribution in [2.75, 3.05) is 0 Å². The molecule has 4 rings (SSSR count). The highest BCUT2D eigenvalue weighted by Crippen LogP contribution is 2.23. The van der Waals surface area contributed by atoms with Crippen molar-refractivity contribution in [3.8, 4) is 0 Å². The molecule has 4 N–H and O–H groups in total. The molecule has 0 unspecified atom stereocenters. The molecule has 0 bridgehead atoms. The van der Waals surface area contributed by atoms with Gasteiger partial charge in [-0.15, -0.1) is 24.8 Å². The lowest BCUT2D eigenvalue weighted by Crippen LogP contribution is -2.41. The molecular formula is C22H32Cl2N2O2. The Balaban J connectivity index is 0.000000261. The van der Waals surface area contributed by atoms with E-state index in [-0.39, 0.29) is 24.8 Å². The molecule has 0 spiro atoms. The van der Waals surface area contributed by atoms with Crippen molar-refractivity contribution in [2.45, 2.75) is 63.2 Å². The summed E-state index contributed by atoms with van der Waals surface area (Å²) in [4.78, 5) is 0. The second-order valence-corrected chi connectivity index (χ2v) is 7.30. The zero-order valence-corrected chi connectivity index (χ0v) is 17.7. The second-order valence-electron chi connectivity index (χ2n) is 7.30. The Labute approximate surface area is 180 Å². The van der Waals surface area contributed by atoms with Crippen molar-refractivity contribution in [1.29, 1.82) is 0 Å². The van der Waals surface area contributed by atoms with Gasteiger partial charge in [-0.25, -0.2) is 0 Å². The smallest absolute Gasteiger partial charge is 0.0720 e. The van der Waals surface area contributed by atoms with Crippen LogP contribution in [0.4, 0.5) is 0 Å². The van der Waals surface area contributed by atoms with E-state index in [1.807, 2.05) is 36.4 Å². The van der Waals surface area contributed by atoms with E-state index in [0.29, 0.717) is 24.3 Å². The van der Waals surface area contributed by atoms with Gasteiger partial charge in [-0.2, -0.15) is 0 Å². The lowest BCUT2D eigenvalue weighted by atomic mass is 9.90. The van der Waals surface area contributed by atoms with Gasteiger partial charge >= 0.3 is 0 Å². The molecule has 0 saturated heterocycles.